The van der Waals surface area contributed by atoms with E-state index < -0.39 is 0 Å². The van der Waals surface area contributed by atoms with Crippen LogP contribution in [0.25, 0.3) is 0 Å². The smallest absolute Gasteiger partial charge is 0.230 e. The van der Waals surface area contributed by atoms with Gasteiger partial charge in [-0.05, 0) is 31.7 Å². The lowest BCUT2D eigenvalue weighted by Gasteiger charge is -2.23. The number of aromatic nitrogens is 2. The van der Waals surface area contributed by atoms with E-state index in [4.69, 9.17) is 16.0 Å². The quantitative estimate of drug-likeness (QED) is 0.851. The molecule has 96 valence electrons. The predicted octanol–water partition coefficient (Wildman–Crippen LogP) is 3.22. The fourth-order valence-electron chi connectivity index (χ4n) is 1.75. The van der Waals surface area contributed by atoms with Crippen molar-refractivity contribution in [1.29, 1.82) is 0 Å². The van der Waals surface area contributed by atoms with Gasteiger partial charge < -0.3 is 4.42 Å². The van der Waals surface area contributed by atoms with Crippen LogP contribution in [-0.4, -0.2) is 22.1 Å². The van der Waals surface area contributed by atoms with Gasteiger partial charge in [0, 0.05) is 18.0 Å². The van der Waals surface area contributed by atoms with Crippen molar-refractivity contribution in [3.63, 3.8) is 0 Å². The number of halogens is 1. The Balaban J connectivity index is 2.04. The van der Waals surface area contributed by atoms with Crippen LogP contribution in [0.3, 0.4) is 0 Å². The molecular weight excluding hydrogens is 250 g/mol. The molecule has 1 aromatic carbocycles. The van der Waals surface area contributed by atoms with E-state index in [9.17, 15) is 0 Å². The van der Waals surface area contributed by atoms with Crippen molar-refractivity contribution in [3.8, 4) is 0 Å². The normalized spacial score (nSPS) is 12.9. The van der Waals surface area contributed by atoms with Crippen molar-refractivity contribution in [2.24, 2.45) is 0 Å². The number of rotatable bonds is 4. The largest absolute Gasteiger partial charge is 0.424 e. The van der Waals surface area contributed by atoms with Gasteiger partial charge in [0.2, 0.25) is 11.8 Å². The van der Waals surface area contributed by atoms with Gasteiger partial charge in [0.25, 0.3) is 0 Å². The van der Waals surface area contributed by atoms with E-state index in [0.717, 1.165) is 5.02 Å². The molecule has 0 aliphatic heterocycles. The number of nitrogens with zero attached hydrogens (tertiary/aromatic N) is 3. The first-order valence-electron chi connectivity index (χ1n) is 5.81. The van der Waals surface area contributed by atoms with Gasteiger partial charge in [-0.25, -0.2) is 0 Å². The van der Waals surface area contributed by atoms with Crippen molar-refractivity contribution in [3.05, 3.63) is 46.6 Å². The Morgan fingerprint density at radius 2 is 1.94 bits per heavy atom. The maximum Gasteiger partial charge on any atom is 0.230 e. The maximum atomic E-state index is 5.88. The minimum atomic E-state index is 0.259. The average molecular weight is 266 g/mol. The minimum Gasteiger partial charge on any atom is -0.424 e. The molecule has 0 aliphatic rings. The van der Waals surface area contributed by atoms with Crippen molar-refractivity contribution in [2.75, 3.05) is 7.05 Å². The summed E-state index contributed by atoms with van der Waals surface area (Å²) in [7, 11) is 2.03. The molecule has 1 heterocycles. The van der Waals surface area contributed by atoms with E-state index in [2.05, 4.69) is 22.0 Å². The van der Waals surface area contributed by atoms with E-state index >= 15 is 0 Å². The summed E-state index contributed by atoms with van der Waals surface area (Å²) in [6.07, 6.45) is 0. The molecule has 0 bridgehead atoms. The first-order valence-corrected chi connectivity index (χ1v) is 6.18. The average Bonchev–Trinajstić information content (AvgIpc) is 2.75. The molecule has 18 heavy (non-hydrogen) atoms. The molecule has 0 spiro atoms. The lowest BCUT2D eigenvalue weighted by Crippen LogP contribution is -2.22. The molecule has 0 N–H and O–H groups in total. The van der Waals surface area contributed by atoms with Crippen LogP contribution >= 0.6 is 11.6 Å². The highest BCUT2D eigenvalue weighted by atomic mass is 35.5. The van der Waals surface area contributed by atoms with Crippen LogP contribution in [-0.2, 0) is 6.54 Å². The zero-order valence-corrected chi connectivity index (χ0v) is 11.5. The Kier molecular flexibility index (Phi) is 3.99. The Morgan fingerprint density at radius 3 is 2.50 bits per heavy atom. The Hall–Kier alpha value is -1.39. The summed E-state index contributed by atoms with van der Waals surface area (Å²) in [4.78, 5) is 2.15. The molecule has 5 heteroatoms. The zero-order chi connectivity index (χ0) is 13.1. The number of benzene rings is 1. The van der Waals surface area contributed by atoms with Gasteiger partial charge in [-0.15, -0.1) is 10.2 Å². The third kappa shape index (κ3) is 3.09. The fraction of sp³-hybridized carbons (Fsp3) is 0.385. The molecule has 2 aromatic rings. The molecule has 1 atom stereocenters. The third-order valence-electron chi connectivity index (χ3n) is 2.97. The number of aryl methyl sites for hydroxylation is 1. The zero-order valence-electron chi connectivity index (χ0n) is 10.7. The second-order valence-electron chi connectivity index (χ2n) is 4.36. The van der Waals surface area contributed by atoms with Gasteiger partial charge in [-0.1, -0.05) is 23.7 Å². The highest BCUT2D eigenvalue weighted by molar-refractivity contribution is 6.30. The van der Waals surface area contributed by atoms with E-state index in [0.29, 0.717) is 18.3 Å². The van der Waals surface area contributed by atoms with E-state index in [1.165, 1.54) is 5.56 Å². The van der Waals surface area contributed by atoms with Crippen LogP contribution in [0, 0.1) is 6.92 Å². The molecular formula is C13H16ClN3O. The second-order valence-corrected chi connectivity index (χ2v) is 4.79. The van der Waals surface area contributed by atoms with E-state index in [-0.39, 0.29) is 6.04 Å². The lowest BCUT2D eigenvalue weighted by atomic mass is 10.1. The highest BCUT2D eigenvalue weighted by Crippen LogP contribution is 2.22. The monoisotopic (exact) mass is 265 g/mol. The third-order valence-corrected chi connectivity index (χ3v) is 3.22. The molecule has 1 aromatic heterocycles. The summed E-state index contributed by atoms with van der Waals surface area (Å²) in [6, 6.07) is 8.12. The summed E-state index contributed by atoms with van der Waals surface area (Å²) >= 11 is 5.88. The molecule has 0 fully saturated rings. The lowest BCUT2D eigenvalue weighted by molar-refractivity contribution is 0.226. The van der Waals surface area contributed by atoms with Gasteiger partial charge >= 0.3 is 0 Å². The predicted molar refractivity (Wildman–Crippen MR) is 70.4 cm³/mol. The van der Waals surface area contributed by atoms with Crippen molar-refractivity contribution >= 4 is 11.6 Å². The standard InChI is InChI=1S/C13H16ClN3O/c1-9(11-4-6-12(14)7-5-11)17(3)8-13-16-15-10(2)18-13/h4-7,9H,8H2,1-3H3. The molecule has 1 unspecified atom stereocenters. The van der Waals surface area contributed by atoms with Crippen LogP contribution in [0.5, 0.6) is 0 Å². The van der Waals surface area contributed by atoms with Crippen LogP contribution in [0.15, 0.2) is 28.7 Å². The molecule has 0 saturated carbocycles. The molecule has 0 saturated heterocycles. The molecule has 2 rings (SSSR count). The first kappa shape index (κ1) is 13.1. The van der Waals surface area contributed by atoms with Gasteiger partial charge in [-0.2, -0.15) is 0 Å². The summed E-state index contributed by atoms with van der Waals surface area (Å²) in [5.41, 5.74) is 1.21. The Labute approximate surface area is 112 Å². The van der Waals surface area contributed by atoms with Crippen LogP contribution in [0.2, 0.25) is 5.02 Å². The number of hydrogen-bond donors (Lipinski definition) is 0. The maximum absolute atomic E-state index is 5.88. The Bertz CT molecular complexity index is 509. The number of hydrogen-bond acceptors (Lipinski definition) is 4. The summed E-state index contributed by atoms with van der Waals surface area (Å²) in [5.74, 6) is 1.23. The van der Waals surface area contributed by atoms with Gasteiger partial charge in [0.05, 0.1) is 6.54 Å². The van der Waals surface area contributed by atoms with Gasteiger partial charge in [-0.3, -0.25) is 4.90 Å². The summed E-state index contributed by atoms with van der Waals surface area (Å²) < 4.78 is 5.37. The van der Waals surface area contributed by atoms with Gasteiger partial charge in [0.15, 0.2) is 0 Å². The highest BCUT2D eigenvalue weighted by Gasteiger charge is 2.14. The molecule has 0 radical (unpaired) electrons. The Morgan fingerprint density at radius 1 is 1.28 bits per heavy atom. The molecule has 0 aliphatic carbocycles. The SMILES string of the molecule is Cc1nnc(CN(C)C(C)c2ccc(Cl)cc2)o1. The fourth-order valence-corrected chi connectivity index (χ4v) is 1.87. The van der Waals surface area contributed by atoms with Crippen molar-refractivity contribution in [1.82, 2.24) is 15.1 Å². The summed E-state index contributed by atoms with van der Waals surface area (Å²) in [5, 5.41) is 8.57. The van der Waals surface area contributed by atoms with Crippen LogP contribution < -0.4 is 0 Å². The van der Waals surface area contributed by atoms with Crippen LogP contribution in [0.4, 0.5) is 0 Å². The summed E-state index contributed by atoms with van der Waals surface area (Å²) in [6.45, 7) is 4.55. The van der Waals surface area contributed by atoms with Gasteiger partial charge in [0.1, 0.15) is 0 Å². The molecule has 4 nitrogen and oxygen atoms in total. The van der Waals surface area contributed by atoms with E-state index in [1.54, 1.807) is 6.92 Å². The second kappa shape index (κ2) is 5.50. The van der Waals surface area contributed by atoms with Crippen molar-refractivity contribution in [2.45, 2.75) is 26.4 Å². The van der Waals surface area contributed by atoms with E-state index in [1.807, 2.05) is 31.3 Å². The van der Waals surface area contributed by atoms with Crippen molar-refractivity contribution < 1.29 is 4.42 Å². The first-order chi connectivity index (χ1) is 8.56. The molecule has 0 amide bonds. The topological polar surface area (TPSA) is 42.2 Å². The minimum absolute atomic E-state index is 0.259. The van der Waals surface area contributed by atoms with Crippen LogP contribution in [0.1, 0.15) is 30.3 Å².